The molecule has 0 saturated carbocycles. The number of pyridine rings is 1. The summed E-state index contributed by atoms with van der Waals surface area (Å²) in [7, 11) is 1.73. The van der Waals surface area contributed by atoms with Gasteiger partial charge in [0.1, 0.15) is 5.69 Å². The van der Waals surface area contributed by atoms with Gasteiger partial charge in [-0.1, -0.05) is 41.9 Å². The number of nitrogens with one attached hydrogen (secondary N) is 1. The lowest BCUT2D eigenvalue weighted by atomic mass is 10.1. The highest BCUT2D eigenvalue weighted by atomic mass is 35.5. The molecule has 2 amide bonds. The fourth-order valence-electron chi connectivity index (χ4n) is 2.79. The van der Waals surface area contributed by atoms with E-state index in [1.54, 1.807) is 36.2 Å². The van der Waals surface area contributed by atoms with Crippen molar-refractivity contribution in [2.24, 2.45) is 0 Å². The first kappa shape index (κ1) is 19.6. The maximum absolute atomic E-state index is 12.7. The SMILES string of the molecule is Cc1cc(Cl)ccc1NC(=O)c1cc(C(=O)N(C)Cc2ccccc2)ccn1. The predicted molar refractivity (Wildman–Crippen MR) is 111 cm³/mol. The van der Waals surface area contributed by atoms with Crippen LogP contribution in [0.1, 0.15) is 32.0 Å². The molecule has 1 aromatic heterocycles. The molecule has 0 unspecified atom stereocenters. The van der Waals surface area contributed by atoms with Gasteiger partial charge in [0.25, 0.3) is 11.8 Å². The summed E-state index contributed by atoms with van der Waals surface area (Å²) in [5, 5.41) is 3.40. The van der Waals surface area contributed by atoms with E-state index >= 15 is 0 Å². The van der Waals surface area contributed by atoms with E-state index < -0.39 is 0 Å². The minimum absolute atomic E-state index is 0.174. The number of carbonyl (C=O) groups is 2. The zero-order chi connectivity index (χ0) is 20.1. The van der Waals surface area contributed by atoms with Gasteiger partial charge in [-0.3, -0.25) is 14.6 Å². The van der Waals surface area contributed by atoms with E-state index in [-0.39, 0.29) is 17.5 Å². The minimum atomic E-state index is -0.384. The molecule has 0 atom stereocenters. The first-order chi connectivity index (χ1) is 13.4. The van der Waals surface area contributed by atoms with Crippen LogP contribution in [0.2, 0.25) is 5.02 Å². The van der Waals surface area contributed by atoms with Crippen molar-refractivity contribution in [3.05, 3.63) is 94.3 Å². The first-order valence-electron chi connectivity index (χ1n) is 8.77. The van der Waals surface area contributed by atoms with Gasteiger partial charge in [0.2, 0.25) is 0 Å². The third kappa shape index (κ3) is 4.75. The molecule has 0 aliphatic rings. The number of hydrogen-bond donors (Lipinski definition) is 1. The molecule has 6 heteroatoms. The van der Waals surface area contributed by atoms with Crippen LogP contribution in [-0.2, 0) is 6.54 Å². The van der Waals surface area contributed by atoms with Gasteiger partial charge in [0.15, 0.2) is 0 Å². The molecule has 0 aliphatic heterocycles. The average molecular weight is 394 g/mol. The number of halogens is 1. The molecule has 0 fully saturated rings. The van der Waals surface area contributed by atoms with Gasteiger partial charge < -0.3 is 10.2 Å². The molecule has 1 N–H and O–H groups in total. The largest absolute Gasteiger partial charge is 0.337 e. The highest BCUT2D eigenvalue weighted by Gasteiger charge is 2.16. The Labute approximate surface area is 169 Å². The van der Waals surface area contributed by atoms with Crippen LogP contribution in [0, 0.1) is 6.92 Å². The second kappa shape index (κ2) is 8.67. The van der Waals surface area contributed by atoms with E-state index in [0.717, 1.165) is 11.1 Å². The van der Waals surface area contributed by atoms with E-state index in [4.69, 9.17) is 11.6 Å². The van der Waals surface area contributed by atoms with Crippen molar-refractivity contribution in [3.63, 3.8) is 0 Å². The Kier molecular flexibility index (Phi) is 6.06. The molecule has 3 rings (SSSR count). The topological polar surface area (TPSA) is 62.3 Å². The van der Waals surface area contributed by atoms with Gasteiger partial charge in [0, 0.05) is 36.1 Å². The fourth-order valence-corrected chi connectivity index (χ4v) is 3.02. The molecule has 5 nitrogen and oxygen atoms in total. The number of amides is 2. The molecule has 0 radical (unpaired) electrons. The minimum Gasteiger partial charge on any atom is -0.337 e. The van der Waals surface area contributed by atoms with Crippen molar-refractivity contribution in [1.82, 2.24) is 9.88 Å². The summed E-state index contributed by atoms with van der Waals surface area (Å²) in [5.41, 5.74) is 3.10. The lowest BCUT2D eigenvalue weighted by molar-refractivity contribution is 0.0785. The molecular formula is C22H20ClN3O2. The molecule has 0 spiro atoms. The second-order valence-corrected chi connectivity index (χ2v) is 6.93. The number of carbonyl (C=O) groups excluding carboxylic acids is 2. The van der Waals surface area contributed by atoms with Crippen molar-refractivity contribution in [2.45, 2.75) is 13.5 Å². The van der Waals surface area contributed by atoms with Crippen molar-refractivity contribution in [3.8, 4) is 0 Å². The van der Waals surface area contributed by atoms with Crippen molar-refractivity contribution in [2.75, 3.05) is 12.4 Å². The maximum Gasteiger partial charge on any atom is 0.274 e. The molecule has 0 aliphatic carbocycles. The van der Waals surface area contributed by atoms with E-state index in [9.17, 15) is 9.59 Å². The summed E-state index contributed by atoms with van der Waals surface area (Å²) in [6.07, 6.45) is 1.47. The van der Waals surface area contributed by atoms with Crippen LogP contribution in [0.15, 0.2) is 66.9 Å². The van der Waals surface area contributed by atoms with Gasteiger partial charge in [-0.25, -0.2) is 0 Å². The lowest BCUT2D eigenvalue weighted by Crippen LogP contribution is -2.26. The second-order valence-electron chi connectivity index (χ2n) is 6.49. The normalized spacial score (nSPS) is 10.4. The highest BCUT2D eigenvalue weighted by Crippen LogP contribution is 2.20. The number of anilines is 1. The van der Waals surface area contributed by atoms with E-state index in [2.05, 4.69) is 10.3 Å². The number of aromatic nitrogens is 1. The Hall–Kier alpha value is -3.18. The zero-order valence-electron chi connectivity index (χ0n) is 15.6. The predicted octanol–water partition coefficient (Wildman–Crippen LogP) is 4.57. The van der Waals surface area contributed by atoms with Crippen molar-refractivity contribution >= 4 is 29.1 Å². The van der Waals surface area contributed by atoms with Gasteiger partial charge in [-0.2, -0.15) is 0 Å². The molecule has 1 heterocycles. The Bertz CT molecular complexity index is 1010. The van der Waals surface area contributed by atoms with Crippen LogP contribution in [-0.4, -0.2) is 28.7 Å². The van der Waals surface area contributed by atoms with E-state index in [1.165, 1.54) is 12.3 Å². The van der Waals surface area contributed by atoms with Crippen LogP contribution in [0.25, 0.3) is 0 Å². The third-order valence-corrected chi connectivity index (χ3v) is 4.52. The molecular weight excluding hydrogens is 374 g/mol. The lowest BCUT2D eigenvalue weighted by Gasteiger charge is -2.17. The number of nitrogens with zero attached hydrogens (tertiary/aromatic N) is 2. The van der Waals surface area contributed by atoms with Gasteiger partial charge in [-0.05, 0) is 48.4 Å². The Morgan fingerprint density at radius 2 is 1.82 bits per heavy atom. The van der Waals surface area contributed by atoms with Crippen LogP contribution in [0.4, 0.5) is 5.69 Å². The average Bonchev–Trinajstić information content (AvgIpc) is 2.70. The van der Waals surface area contributed by atoms with Crippen LogP contribution >= 0.6 is 11.6 Å². The van der Waals surface area contributed by atoms with Crippen molar-refractivity contribution < 1.29 is 9.59 Å². The molecule has 142 valence electrons. The van der Waals surface area contributed by atoms with Crippen LogP contribution in [0.3, 0.4) is 0 Å². The molecule has 2 aromatic carbocycles. The quantitative estimate of drug-likeness (QED) is 0.690. The zero-order valence-corrected chi connectivity index (χ0v) is 16.4. The summed E-state index contributed by atoms with van der Waals surface area (Å²) >= 11 is 5.95. The van der Waals surface area contributed by atoms with Gasteiger partial charge in [0.05, 0.1) is 0 Å². The van der Waals surface area contributed by atoms with Crippen molar-refractivity contribution in [1.29, 1.82) is 0 Å². The Morgan fingerprint density at radius 1 is 1.07 bits per heavy atom. The van der Waals surface area contributed by atoms with Crippen LogP contribution < -0.4 is 5.32 Å². The Balaban J connectivity index is 1.73. The van der Waals surface area contributed by atoms with Crippen LogP contribution in [0.5, 0.6) is 0 Å². The highest BCUT2D eigenvalue weighted by molar-refractivity contribution is 6.30. The molecule has 3 aromatic rings. The number of hydrogen-bond acceptors (Lipinski definition) is 3. The number of rotatable bonds is 5. The smallest absolute Gasteiger partial charge is 0.274 e. The standard InChI is InChI=1S/C22H20ClN3O2/c1-15-12-18(23)8-9-19(15)25-21(27)20-13-17(10-11-24-20)22(28)26(2)14-16-6-4-3-5-7-16/h3-13H,14H2,1-2H3,(H,25,27). The monoisotopic (exact) mass is 393 g/mol. The van der Waals surface area contributed by atoms with E-state index in [0.29, 0.717) is 22.8 Å². The Morgan fingerprint density at radius 3 is 2.54 bits per heavy atom. The molecule has 0 bridgehead atoms. The van der Waals surface area contributed by atoms with Gasteiger partial charge in [-0.15, -0.1) is 0 Å². The third-order valence-electron chi connectivity index (χ3n) is 4.29. The summed E-state index contributed by atoms with van der Waals surface area (Å²) in [5.74, 6) is -0.561. The maximum atomic E-state index is 12.7. The number of benzene rings is 2. The summed E-state index contributed by atoms with van der Waals surface area (Å²) in [6, 6.07) is 18.0. The number of aryl methyl sites for hydroxylation is 1. The summed E-state index contributed by atoms with van der Waals surface area (Å²) in [6.45, 7) is 2.33. The fraction of sp³-hybridized carbons (Fsp3) is 0.136. The summed E-state index contributed by atoms with van der Waals surface area (Å²) in [4.78, 5) is 31.0. The summed E-state index contributed by atoms with van der Waals surface area (Å²) < 4.78 is 0. The molecule has 28 heavy (non-hydrogen) atoms. The van der Waals surface area contributed by atoms with Gasteiger partial charge >= 0.3 is 0 Å². The first-order valence-corrected chi connectivity index (χ1v) is 9.15. The molecule has 0 saturated heterocycles. The van der Waals surface area contributed by atoms with E-state index in [1.807, 2.05) is 37.3 Å².